The Kier molecular flexibility index (Phi) is 5.32. The van der Waals surface area contributed by atoms with E-state index in [1.54, 1.807) is 37.3 Å². The minimum absolute atomic E-state index is 0.196. The number of carbonyl (C=O) groups is 1. The molecule has 1 aromatic rings. The first-order valence-corrected chi connectivity index (χ1v) is 5.33. The Morgan fingerprint density at radius 1 is 1.50 bits per heavy atom. The molecule has 6 nitrogen and oxygen atoms in total. The molecule has 0 radical (unpaired) electrons. The summed E-state index contributed by atoms with van der Waals surface area (Å²) in [6.45, 7) is 1.85. The van der Waals surface area contributed by atoms with Gasteiger partial charge in [0.05, 0.1) is 13.7 Å². The molecule has 0 aliphatic carbocycles. The van der Waals surface area contributed by atoms with E-state index in [0.717, 1.165) is 0 Å². The van der Waals surface area contributed by atoms with Gasteiger partial charge in [-0.05, 0) is 19.1 Å². The van der Waals surface area contributed by atoms with Crippen molar-refractivity contribution in [2.45, 2.75) is 13.0 Å². The van der Waals surface area contributed by atoms with Gasteiger partial charge in [-0.3, -0.25) is 0 Å². The first-order chi connectivity index (χ1) is 8.72. The van der Waals surface area contributed by atoms with Crippen LogP contribution in [0.5, 0.6) is 5.75 Å². The molecule has 0 N–H and O–H groups in total. The van der Waals surface area contributed by atoms with E-state index in [4.69, 9.17) is 14.7 Å². The van der Waals surface area contributed by atoms with Crippen molar-refractivity contribution in [3.05, 3.63) is 24.3 Å². The average molecular weight is 247 g/mol. The molecule has 1 rings (SSSR count). The topological polar surface area (TPSA) is 84.0 Å². The van der Waals surface area contributed by atoms with Gasteiger partial charge in [0.15, 0.2) is 0 Å². The first kappa shape index (κ1) is 13.6. The number of benzene rings is 1. The zero-order valence-corrected chi connectivity index (χ0v) is 10.2. The lowest BCUT2D eigenvalue weighted by Gasteiger charge is -2.04. The van der Waals surface area contributed by atoms with Crippen molar-refractivity contribution in [3.63, 3.8) is 0 Å². The number of carbonyl (C=O) groups excluding carboxylic acids is 1. The van der Waals surface area contributed by atoms with Gasteiger partial charge in [0, 0.05) is 0 Å². The van der Waals surface area contributed by atoms with Crippen molar-refractivity contribution in [1.29, 1.82) is 5.26 Å². The van der Waals surface area contributed by atoms with Gasteiger partial charge in [-0.1, -0.05) is 12.1 Å². The lowest BCUT2D eigenvalue weighted by Crippen LogP contribution is -2.19. The zero-order chi connectivity index (χ0) is 13.4. The predicted molar refractivity (Wildman–Crippen MR) is 63.5 cm³/mol. The summed E-state index contributed by atoms with van der Waals surface area (Å²) < 4.78 is 9.76. The molecule has 0 bridgehead atoms. The van der Waals surface area contributed by atoms with E-state index >= 15 is 0 Å². The van der Waals surface area contributed by atoms with Crippen molar-refractivity contribution in [2.24, 2.45) is 10.2 Å². The number of nitrogens with zero attached hydrogens (tertiary/aromatic N) is 3. The number of hydrogen-bond acceptors (Lipinski definition) is 6. The second kappa shape index (κ2) is 7.01. The molecule has 1 atom stereocenters. The molecule has 0 saturated carbocycles. The number of nitriles is 1. The molecule has 0 fully saturated rings. The van der Waals surface area contributed by atoms with E-state index < -0.39 is 12.0 Å². The Labute approximate surface area is 105 Å². The smallest absolute Gasteiger partial charge is 0.347 e. The molecule has 1 aromatic carbocycles. The lowest BCUT2D eigenvalue weighted by molar-refractivity contribution is -0.143. The lowest BCUT2D eigenvalue weighted by atomic mass is 10.3. The van der Waals surface area contributed by atoms with Crippen molar-refractivity contribution in [1.82, 2.24) is 0 Å². The van der Waals surface area contributed by atoms with Crippen LogP contribution >= 0.6 is 0 Å². The largest absolute Gasteiger partial charge is 0.494 e. The summed E-state index contributed by atoms with van der Waals surface area (Å²) in [6.07, 6.45) is 0. The third-order valence-corrected chi connectivity index (χ3v) is 2.00. The van der Waals surface area contributed by atoms with Gasteiger partial charge in [-0.2, -0.15) is 15.5 Å². The standard InChI is InChI=1S/C12H13N3O3/c1-3-18-12(16)10(8-13)15-14-9-6-4-5-7-11(9)17-2/h4-7,10H,3H2,1-2H3. The summed E-state index contributed by atoms with van der Waals surface area (Å²) in [5, 5.41) is 16.3. The quantitative estimate of drug-likeness (QED) is 0.590. The fraction of sp³-hybridized carbons (Fsp3) is 0.333. The van der Waals surface area contributed by atoms with E-state index in [9.17, 15) is 4.79 Å². The second-order valence-electron chi connectivity index (χ2n) is 3.17. The predicted octanol–water partition coefficient (Wildman–Crippen LogP) is 2.23. The Morgan fingerprint density at radius 3 is 2.83 bits per heavy atom. The van der Waals surface area contributed by atoms with Gasteiger partial charge < -0.3 is 9.47 Å². The monoisotopic (exact) mass is 247 g/mol. The van der Waals surface area contributed by atoms with E-state index in [1.165, 1.54) is 7.11 Å². The molecule has 0 spiro atoms. The molecule has 0 aliphatic rings. The van der Waals surface area contributed by atoms with Gasteiger partial charge in [-0.15, -0.1) is 0 Å². The molecule has 0 amide bonds. The van der Waals surface area contributed by atoms with Crippen molar-refractivity contribution in [2.75, 3.05) is 13.7 Å². The zero-order valence-electron chi connectivity index (χ0n) is 10.2. The SMILES string of the molecule is CCOC(=O)C(C#N)N=Nc1ccccc1OC. The van der Waals surface area contributed by atoms with Crippen molar-refractivity contribution >= 4 is 11.7 Å². The Morgan fingerprint density at radius 2 is 2.22 bits per heavy atom. The van der Waals surface area contributed by atoms with Crippen LogP contribution in [0.25, 0.3) is 0 Å². The maximum Gasteiger partial charge on any atom is 0.347 e. The van der Waals surface area contributed by atoms with E-state index in [0.29, 0.717) is 11.4 Å². The van der Waals surface area contributed by atoms with Crippen LogP contribution in [0.1, 0.15) is 6.92 Å². The van der Waals surface area contributed by atoms with Crippen LogP contribution < -0.4 is 4.74 Å². The normalized spacial score (nSPS) is 11.8. The van der Waals surface area contributed by atoms with Crippen LogP contribution in [0.4, 0.5) is 5.69 Å². The summed E-state index contributed by atoms with van der Waals surface area (Å²) in [7, 11) is 1.50. The summed E-state index contributed by atoms with van der Waals surface area (Å²) >= 11 is 0. The number of methoxy groups -OCH3 is 1. The molecule has 0 aliphatic heterocycles. The number of azo groups is 1. The fourth-order valence-corrected chi connectivity index (χ4v) is 1.18. The van der Waals surface area contributed by atoms with Crippen LogP contribution in [0, 0.1) is 11.3 Å². The highest BCUT2D eigenvalue weighted by molar-refractivity contribution is 5.79. The average Bonchev–Trinajstić information content (AvgIpc) is 2.40. The molecule has 18 heavy (non-hydrogen) atoms. The van der Waals surface area contributed by atoms with Gasteiger partial charge in [-0.25, -0.2) is 4.79 Å². The van der Waals surface area contributed by atoms with Crippen molar-refractivity contribution in [3.8, 4) is 11.8 Å². The van der Waals surface area contributed by atoms with Crippen LogP contribution in [-0.2, 0) is 9.53 Å². The van der Waals surface area contributed by atoms with Gasteiger partial charge in [0.1, 0.15) is 17.5 Å². The molecular weight excluding hydrogens is 234 g/mol. The minimum Gasteiger partial charge on any atom is -0.494 e. The van der Waals surface area contributed by atoms with E-state index in [2.05, 4.69) is 10.2 Å². The number of esters is 1. The number of rotatable bonds is 5. The van der Waals surface area contributed by atoms with Crippen LogP contribution in [0.3, 0.4) is 0 Å². The van der Waals surface area contributed by atoms with Crippen LogP contribution in [0.2, 0.25) is 0 Å². The maximum absolute atomic E-state index is 11.3. The first-order valence-electron chi connectivity index (χ1n) is 5.33. The molecule has 0 heterocycles. The molecule has 0 saturated heterocycles. The highest BCUT2D eigenvalue weighted by atomic mass is 16.5. The third-order valence-electron chi connectivity index (χ3n) is 2.00. The molecule has 0 aromatic heterocycles. The maximum atomic E-state index is 11.3. The Balaban J connectivity index is 2.84. The summed E-state index contributed by atoms with van der Waals surface area (Å²) in [5.74, 6) is -0.194. The molecule has 1 unspecified atom stereocenters. The van der Waals surface area contributed by atoms with Gasteiger partial charge in [0.25, 0.3) is 6.04 Å². The Bertz CT molecular complexity index is 480. The van der Waals surface area contributed by atoms with Gasteiger partial charge in [0.2, 0.25) is 0 Å². The number of ether oxygens (including phenoxy) is 2. The highest BCUT2D eigenvalue weighted by Gasteiger charge is 2.18. The van der Waals surface area contributed by atoms with Gasteiger partial charge >= 0.3 is 5.97 Å². The molecule has 94 valence electrons. The Hall–Kier alpha value is -2.42. The molecule has 6 heteroatoms. The minimum atomic E-state index is -1.25. The summed E-state index contributed by atoms with van der Waals surface area (Å²) in [5.41, 5.74) is 0.449. The van der Waals surface area contributed by atoms with Crippen LogP contribution in [0.15, 0.2) is 34.5 Å². The summed E-state index contributed by atoms with van der Waals surface area (Å²) in [6, 6.07) is 7.38. The summed E-state index contributed by atoms with van der Waals surface area (Å²) in [4.78, 5) is 11.3. The van der Waals surface area contributed by atoms with E-state index in [-0.39, 0.29) is 6.61 Å². The van der Waals surface area contributed by atoms with Crippen molar-refractivity contribution < 1.29 is 14.3 Å². The molecular formula is C12H13N3O3. The van der Waals surface area contributed by atoms with Crippen LogP contribution in [-0.4, -0.2) is 25.7 Å². The second-order valence-corrected chi connectivity index (χ2v) is 3.17. The highest BCUT2D eigenvalue weighted by Crippen LogP contribution is 2.26. The fourth-order valence-electron chi connectivity index (χ4n) is 1.18. The number of hydrogen-bond donors (Lipinski definition) is 0. The third kappa shape index (κ3) is 3.56. The van der Waals surface area contributed by atoms with E-state index in [1.807, 2.05) is 0 Å². The number of para-hydroxylation sites is 1.